The molecule has 0 radical (unpaired) electrons. The molecule has 0 amide bonds. The van der Waals surface area contributed by atoms with E-state index in [1.165, 1.54) is 0 Å². The zero-order valence-electron chi connectivity index (χ0n) is 11.7. The molecule has 0 unspecified atom stereocenters. The Morgan fingerprint density at radius 3 is 2.60 bits per heavy atom. The minimum Gasteiger partial charge on any atom is -0.466 e. The molecule has 1 heterocycles. The number of carbonyl (C=O) groups excluding carboxylic acids is 1. The van der Waals surface area contributed by atoms with Crippen molar-refractivity contribution in [3.05, 3.63) is 0 Å². The normalized spacial score (nSPS) is 9.95. The Kier molecular flexibility index (Phi) is 7.04. The van der Waals surface area contributed by atoms with Gasteiger partial charge in [0, 0.05) is 13.0 Å². The molecule has 0 atom stereocenters. The largest absolute Gasteiger partial charge is 0.466 e. The van der Waals surface area contributed by atoms with Crippen LogP contribution in [0.3, 0.4) is 0 Å². The van der Waals surface area contributed by atoms with Crippen molar-refractivity contribution in [1.82, 2.24) is 15.0 Å². The maximum absolute atomic E-state index is 11.2. The third-order valence-electron chi connectivity index (χ3n) is 2.16. The van der Waals surface area contributed by atoms with Crippen LogP contribution >= 0.6 is 0 Å². The molecule has 0 fully saturated rings. The summed E-state index contributed by atoms with van der Waals surface area (Å²) in [5.41, 5.74) is 2.34. The minimum absolute atomic E-state index is 0.184. The van der Waals surface area contributed by atoms with E-state index in [2.05, 4.69) is 25.7 Å². The lowest BCUT2D eigenvalue weighted by atomic mass is 10.3. The van der Waals surface area contributed by atoms with Gasteiger partial charge in [-0.25, -0.2) is 5.84 Å². The summed E-state index contributed by atoms with van der Waals surface area (Å²) in [4.78, 5) is 23.2. The summed E-state index contributed by atoms with van der Waals surface area (Å²) >= 11 is 0. The van der Waals surface area contributed by atoms with E-state index >= 15 is 0 Å². The van der Waals surface area contributed by atoms with Gasteiger partial charge in [-0.2, -0.15) is 15.0 Å². The predicted molar refractivity (Wildman–Crippen MR) is 73.2 cm³/mol. The Bertz CT molecular complexity index is 429. The van der Waals surface area contributed by atoms with Crippen LogP contribution in [0.5, 0.6) is 6.01 Å². The molecule has 0 aliphatic heterocycles. The van der Waals surface area contributed by atoms with Crippen LogP contribution in [-0.2, 0) is 9.53 Å². The van der Waals surface area contributed by atoms with E-state index in [9.17, 15) is 4.79 Å². The molecule has 9 heteroatoms. The van der Waals surface area contributed by atoms with Gasteiger partial charge in [0.25, 0.3) is 0 Å². The SMILES string of the molecule is CCOC(=O)CCCNc1nc(NN)nc(OCC)n1. The zero-order chi connectivity index (χ0) is 14.8. The number of nitrogens with one attached hydrogen (secondary N) is 2. The molecular formula is C11H20N6O3. The van der Waals surface area contributed by atoms with Gasteiger partial charge in [0.05, 0.1) is 13.2 Å². The van der Waals surface area contributed by atoms with Crippen LogP contribution in [0.4, 0.5) is 11.9 Å². The van der Waals surface area contributed by atoms with Gasteiger partial charge < -0.3 is 14.8 Å². The maximum Gasteiger partial charge on any atom is 0.323 e. The highest BCUT2D eigenvalue weighted by atomic mass is 16.5. The molecule has 0 aromatic carbocycles. The number of anilines is 2. The number of hydrogen-bond donors (Lipinski definition) is 3. The van der Waals surface area contributed by atoms with E-state index in [-0.39, 0.29) is 17.9 Å². The van der Waals surface area contributed by atoms with Crippen LogP contribution in [0.25, 0.3) is 0 Å². The van der Waals surface area contributed by atoms with Crippen LogP contribution < -0.4 is 21.3 Å². The number of carbonyl (C=O) groups is 1. The Morgan fingerprint density at radius 2 is 1.95 bits per heavy atom. The number of esters is 1. The third-order valence-corrected chi connectivity index (χ3v) is 2.16. The second-order valence-electron chi connectivity index (χ2n) is 3.68. The fourth-order valence-corrected chi connectivity index (χ4v) is 1.36. The minimum atomic E-state index is -0.218. The Hall–Kier alpha value is -2.16. The number of nitrogen functional groups attached to an aromatic ring is 1. The molecule has 112 valence electrons. The molecule has 1 aromatic heterocycles. The highest BCUT2D eigenvalue weighted by Gasteiger charge is 2.06. The number of hydrogen-bond acceptors (Lipinski definition) is 9. The summed E-state index contributed by atoms with van der Waals surface area (Å²) in [5.74, 6) is 5.58. The summed E-state index contributed by atoms with van der Waals surface area (Å²) in [6, 6.07) is 0.184. The second kappa shape index (κ2) is 8.86. The molecule has 1 rings (SSSR count). The highest BCUT2D eigenvalue weighted by Crippen LogP contribution is 2.10. The van der Waals surface area contributed by atoms with E-state index in [0.717, 1.165) is 0 Å². The van der Waals surface area contributed by atoms with E-state index in [1.54, 1.807) is 6.92 Å². The summed E-state index contributed by atoms with van der Waals surface area (Å²) in [5, 5.41) is 2.97. The average Bonchev–Trinajstić information content (AvgIpc) is 2.44. The predicted octanol–water partition coefficient (Wildman–Crippen LogP) is 0.311. The van der Waals surface area contributed by atoms with Crippen molar-refractivity contribution >= 4 is 17.9 Å². The van der Waals surface area contributed by atoms with Crippen molar-refractivity contribution in [2.75, 3.05) is 30.5 Å². The van der Waals surface area contributed by atoms with E-state index < -0.39 is 0 Å². The molecule has 0 saturated heterocycles. The quantitative estimate of drug-likeness (QED) is 0.254. The average molecular weight is 284 g/mol. The monoisotopic (exact) mass is 284 g/mol. The number of ether oxygens (including phenoxy) is 2. The first kappa shape index (κ1) is 15.9. The standard InChI is InChI=1S/C11H20N6O3/c1-3-19-8(18)6-5-7-13-9-14-10(17-12)16-11(15-9)20-4-2/h3-7,12H2,1-2H3,(H2,13,14,15,16,17). The van der Waals surface area contributed by atoms with E-state index in [4.69, 9.17) is 15.3 Å². The van der Waals surface area contributed by atoms with Crippen molar-refractivity contribution in [2.24, 2.45) is 5.84 Å². The van der Waals surface area contributed by atoms with Crippen molar-refractivity contribution < 1.29 is 14.3 Å². The smallest absolute Gasteiger partial charge is 0.323 e. The lowest BCUT2D eigenvalue weighted by Gasteiger charge is -2.08. The first-order valence-electron chi connectivity index (χ1n) is 6.44. The summed E-state index contributed by atoms with van der Waals surface area (Å²) in [6.07, 6.45) is 0.951. The first-order valence-corrected chi connectivity index (χ1v) is 6.44. The van der Waals surface area contributed by atoms with Crippen LogP contribution in [-0.4, -0.2) is 40.7 Å². The van der Waals surface area contributed by atoms with Gasteiger partial charge in [-0.05, 0) is 20.3 Å². The molecule has 0 aliphatic rings. The van der Waals surface area contributed by atoms with E-state index in [0.29, 0.717) is 38.5 Å². The first-order chi connectivity index (χ1) is 9.69. The van der Waals surface area contributed by atoms with Crippen LogP contribution in [0.15, 0.2) is 0 Å². The van der Waals surface area contributed by atoms with Crippen molar-refractivity contribution in [1.29, 1.82) is 0 Å². The molecule has 0 aliphatic carbocycles. The van der Waals surface area contributed by atoms with Crippen LogP contribution in [0.2, 0.25) is 0 Å². The number of rotatable bonds is 9. The van der Waals surface area contributed by atoms with Crippen molar-refractivity contribution in [3.63, 3.8) is 0 Å². The summed E-state index contributed by atoms with van der Waals surface area (Å²) in [6.45, 7) is 4.96. The van der Waals surface area contributed by atoms with Crippen molar-refractivity contribution in [2.45, 2.75) is 26.7 Å². The molecule has 0 saturated carbocycles. The van der Waals surface area contributed by atoms with Gasteiger partial charge in [-0.15, -0.1) is 0 Å². The highest BCUT2D eigenvalue weighted by molar-refractivity contribution is 5.69. The maximum atomic E-state index is 11.2. The second-order valence-corrected chi connectivity index (χ2v) is 3.68. The van der Waals surface area contributed by atoms with Gasteiger partial charge >= 0.3 is 12.0 Å². The van der Waals surface area contributed by atoms with Gasteiger partial charge in [-0.1, -0.05) is 0 Å². The van der Waals surface area contributed by atoms with Crippen LogP contribution in [0.1, 0.15) is 26.7 Å². The fraction of sp³-hybridized carbons (Fsp3) is 0.636. The molecule has 1 aromatic rings. The molecule has 0 spiro atoms. The third kappa shape index (κ3) is 5.65. The van der Waals surface area contributed by atoms with Gasteiger partial charge in [-0.3, -0.25) is 10.2 Å². The Balaban J connectivity index is 2.46. The topological polar surface area (TPSA) is 124 Å². The summed E-state index contributed by atoms with van der Waals surface area (Å²) < 4.78 is 10.0. The van der Waals surface area contributed by atoms with Crippen molar-refractivity contribution in [3.8, 4) is 6.01 Å². The number of aromatic nitrogens is 3. The number of nitrogens with two attached hydrogens (primary N) is 1. The Morgan fingerprint density at radius 1 is 1.20 bits per heavy atom. The lowest BCUT2D eigenvalue weighted by Crippen LogP contribution is -2.15. The molecule has 20 heavy (non-hydrogen) atoms. The molecule has 4 N–H and O–H groups in total. The Labute approximate surface area is 117 Å². The number of nitrogens with zero attached hydrogens (tertiary/aromatic N) is 3. The van der Waals surface area contributed by atoms with E-state index in [1.807, 2.05) is 6.92 Å². The lowest BCUT2D eigenvalue weighted by molar-refractivity contribution is -0.143. The zero-order valence-corrected chi connectivity index (χ0v) is 11.7. The van der Waals surface area contributed by atoms with Gasteiger partial charge in [0.15, 0.2) is 0 Å². The van der Waals surface area contributed by atoms with Gasteiger partial charge in [0.1, 0.15) is 0 Å². The molecule has 9 nitrogen and oxygen atoms in total. The van der Waals surface area contributed by atoms with Gasteiger partial charge in [0.2, 0.25) is 11.9 Å². The molecule has 0 bridgehead atoms. The fourth-order valence-electron chi connectivity index (χ4n) is 1.36. The summed E-state index contributed by atoms with van der Waals surface area (Å²) in [7, 11) is 0. The number of hydrazine groups is 1. The van der Waals surface area contributed by atoms with Crippen LogP contribution in [0, 0.1) is 0 Å². The molecular weight excluding hydrogens is 264 g/mol.